The lowest BCUT2D eigenvalue weighted by Crippen LogP contribution is -2.14. The van der Waals surface area contributed by atoms with Crippen molar-refractivity contribution in [2.45, 2.75) is 19.8 Å². The van der Waals surface area contributed by atoms with Crippen molar-refractivity contribution in [3.63, 3.8) is 0 Å². The molecule has 1 aromatic carbocycles. The monoisotopic (exact) mass is 377 g/mol. The average Bonchev–Trinajstić information content (AvgIpc) is 2.43. The fourth-order valence-electron chi connectivity index (χ4n) is 1.43. The molecule has 5 heteroatoms. The number of nitrogens with one attached hydrogen (secondary N) is 1. The van der Waals surface area contributed by atoms with Crippen LogP contribution in [-0.2, 0) is 9.53 Å². The van der Waals surface area contributed by atoms with Crippen molar-refractivity contribution in [2.75, 3.05) is 29.6 Å². The molecule has 4 nitrogen and oxygen atoms in total. The fraction of sp³-hybridized carbons (Fsp3) is 0.500. The zero-order valence-corrected chi connectivity index (χ0v) is 13.3. The van der Waals surface area contributed by atoms with Gasteiger partial charge in [0.05, 0.1) is 19.6 Å². The van der Waals surface area contributed by atoms with Crippen LogP contribution in [0.1, 0.15) is 19.8 Å². The van der Waals surface area contributed by atoms with Gasteiger partial charge in [-0.3, -0.25) is 4.79 Å². The van der Waals surface area contributed by atoms with Gasteiger partial charge in [0.1, 0.15) is 5.75 Å². The molecular weight excluding hydrogens is 357 g/mol. The molecule has 1 amide bonds. The van der Waals surface area contributed by atoms with E-state index in [4.69, 9.17) is 9.47 Å². The van der Waals surface area contributed by atoms with Crippen LogP contribution in [0.4, 0.5) is 5.69 Å². The Hall–Kier alpha value is -0.820. The summed E-state index contributed by atoms with van der Waals surface area (Å²) in [5.74, 6) is 0.790. The maximum Gasteiger partial charge on any atom is 0.226 e. The summed E-state index contributed by atoms with van der Waals surface area (Å²) in [6.45, 7) is 3.91. The first kappa shape index (κ1) is 16.2. The summed E-state index contributed by atoms with van der Waals surface area (Å²) in [4.78, 5) is 11.6. The third-order valence-corrected chi connectivity index (χ3v) is 2.75. The molecule has 0 radical (unpaired) electrons. The molecule has 0 fully saturated rings. The number of rotatable bonds is 9. The highest BCUT2D eigenvalue weighted by Crippen LogP contribution is 2.15. The largest absolute Gasteiger partial charge is 0.493 e. The van der Waals surface area contributed by atoms with Crippen LogP contribution in [0.5, 0.6) is 5.75 Å². The molecule has 0 atom stereocenters. The number of anilines is 1. The third kappa shape index (κ3) is 7.37. The topological polar surface area (TPSA) is 47.6 Å². The number of hydrogen-bond acceptors (Lipinski definition) is 3. The van der Waals surface area contributed by atoms with Crippen LogP contribution in [0.2, 0.25) is 0 Å². The van der Waals surface area contributed by atoms with Gasteiger partial charge in [-0.1, -0.05) is 29.5 Å². The first-order chi connectivity index (χ1) is 9.26. The molecule has 0 aliphatic carbocycles. The van der Waals surface area contributed by atoms with Gasteiger partial charge in [-0.25, -0.2) is 0 Å². The molecule has 0 bridgehead atoms. The van der Waals surface area contributed by atoms with Crippen molar-refractivity contribution < 1.29 is 14.3 Å². The van der Waals surface area contributed by atoms with E-state index in [0.29, 0.717) is 26.2 Å². The van der Waals surface area contributed by atoms with Gasteiger partial charge in [-0.2, -0.15) is 0 Å². The lowest BCUT2D eigenvalue weighted by molar-refractivity contribution is -0.117. The smallest absolute Gasteiger partial charge is 0.226 e. The molecule has 1 N–H and O–H groups in total. The van der Waals surface area contributed by atoms with Gasteiger partial charge in [0.2, 0.25) is 5.91 Å². The Balaban J connectivity index is 2.29. The van der Waals surface area contributed by atoms with E-state index >= 15 is 0 Å². The van der Waals surface area contributed by atoms with E-state index in [1.54, 1.807) is 0 Å². The second-order valence-corrected chi connectivity index (χ2v) is 5.05. The normalized spacial score (nSPS) is 10.2. The molecule has 0 saturated heterocycles. The van der Waals surface area contributed by atoms with Gasteiger partial charge < -0.3 is 14.8 Å². The highest BCUT2D eigenvalue weighted by molar-refractivity contribution is 14.1. The highest BCUT2D eigenvalue weighted by Gasteiger charge is 2.02. The third-order valence-electron chi connectivity index (χ3n) is 2.31. The quantitative estimate of drug-likeness (QED) is 0.408. The Morgan fingerprint density at radius 1 is 1.21 bits per heavy atom. The van der Waals surface area contributed by atoms with Gasteiger partial charge in [0, 0.05) is 16.7 Å². The highest BCUT2D eigenvalue weighted by atomic mass is 127. The van der Waals surface area contributed by atoms with Gasteiger partial charge >= 0.3 is 0 Å². The van der Waals surface area contributed by atoms with Crippen LogP contribution in [0.3, 0.4) is 0 Å². The Kier molecular flexibility index (Phi) is 8.57. The van der Waals surface area contributed by atoms with Crippen LogP contribution in [0, 0.1) is 0 Å². The number of hydrogen-bond donors (Lipinski definition) is 1. The molecule has 1 aromatic rings. The summed E-state index contributed by atoms with van der Waals surface area (Å²) in [5.41, 5.74) is 0.780. The SMILES string of the molecule is CCCOCCC(=O)Nc1ccc(OCCI)cc1. The molecule has 0 unspecified atom stereocenters. The first-order valence-corrected chi connectivity index (χ1v) is 7.95. The molecule has 0 aliphatic heterocycles. The van der Waals surface area contributed by atoms with Crippen molar-refractivity contribution in [3.05, 3.63) is 24.3 Å². The van der Waals surface area contributed by atoms with E-state index in [1.165, 1.54) is 0 Å². The molecule has 0 heterocycles. The standard InChI is InChI=1S/C14H20INO3/c1-2-9-18-10-7-14(17)16-12-3-5-13(6-4-12)19-11-8-15/h3-6H,2,7-11H2,1H3,(H,16,17). The number of ether oxygens (including phenoxy) is 2. The lowest BCUT2D eigenvalue weighted by atomic mass is 10.3. The van der Waals surface area contributed by atoms with Crippen LogP contribution < -0.4 is 10.1 Å². The van der Waals surface area contributed by atoms with Crippen molar-refractivity contribution in [1.29, 1.82) is 0 Å². The number of alkyl halides is 1. The minimum Gasteiger partial charge on any atom is -0.493 e. The van der Waals surface area contributed by atoms with Crippen molar-refractivity contribution >= 4 is 34.2 Å². The lowest BCUT2D eigenvalue weighted by Gasteiger charge is -2.07. The van der Waals surface area contributed by atoms with Crippen molar-refractivity contribution in [2.24, 2.45) is 0 Å². The van der Waals surface area contributed by atoms with E-state index in [0.717, 1.165) is 22.3 Å². The summed E-state index contributed by atoms with van der Waals surface area (Å²) in [6, 6.07) is 7.39. The predicted octanol–water partition coefficient (Wildman–Crippen LogP) is 3.26. The van der Waals surface area contributed by atoms with Crippen molar-refractivity contribution in [3.8, 4) is 5.75 Å². The molecule has 0 aliphatic rings. The van der Waals surface area contributed by atoms with Gasteiger partial charge in [-0.15, -0.1) is 0 Å². The van der Waals surface area contributed by atoms with Gasteiger partial charge in [-0.05, 0) is 30.7 Å². The second-order valence-electron chi connectivity index (χ2n) is 3.97. The number of carbonyl (C=O) groups is 1. The number of carbonyl (C=O) groups excluding carboxylic acids is 1. The number of halogens is 1. The average molecular weight is 377 g/mol. The van der Waals surface area contributed by atoms with Gasteiger partial charge in [0.25, 0.3) is 0 Å². The molecule has 19 heavy (non-hydrogen) atoms. The zero-order valence-electron chi connectivity index (χ0n) is 11.2. The first-order valence-electron chi connectivity index (χ1n) is 6.42. The Bertz CT molecular complexity index is 367. The molecule has 0 saturated carbocycles. The maximum atomic E-state index is 11.6. The summed E-state index contributed by atoms with van der Waals surface area (Å²) in [5, 5.41) is 2.83. The minimum atomic E-state index is -0.0305. The Labute approximate surface area is 128 Å². The molecular formula is C14H20INO3. The summed E-state index contributed by atoms with van der Waals surface area (Å²) >= 11 is 2.26. The van der Waals surface area contributed by atoms with E-state index in [9.17, 15) is 4.79 Å². The molecule has 0 spiro atoms. The van der Waals surface area contributed by atoms with E-state index in [1.807, 2.05) is 31.2 Å². The van der Waals surface area contributed by atoms with E-state index in [-0.39, 0.29) is 5.91 Å². The number of benzene rings is 1. The summed E-state index contributed by atoms with van der Waals surface area (Å²) in [7, 11) is 0. The van der Waals surface area contributed by atoms with Gasteiger partial charge in [0.15, 0.2) is 0 Å². The summed E-state index contributed by atoms with van der Waals surface area (Å²) in [6.07, 6.45) is 1.35. The molecule has 0 aromatic heterocycles. The fourth-order valence-corrected chi connectivity index (χ4v) is 1.65. The van der Waals surface area contributed by atoms with Crippen LogP contribution in [0.15, 0.2) is 24.3 Å². The van der Waals surface area contributed by atoms with Crippen molar-refractivity contribution in [1.82, 2.24) is 0 Å². The molecule has 1 rings (SSSR count). The maximum absolute atomic E-state index is 11.6. The minimum absolute atomic E-state index is 0.0305. The Morgan fingerprint density at radius 2 is 1.95 bits per heavy atom. The second kappa shape index (κ2) is 10.0. The predicted molar refractivity (Wildman–Crippen MR) is 85.2 cm³/mol. The summed E-state index contributed by atoms with van der Waals surface area (Å²) < 4.78 is 11.7. The van der Waals surface area contributed by atoms with Crippen LogP contribution >= 0.6 is 22.6 Å². The zero-order chi connectivity index (χ0) is 13.9. The Morgan fingerprint density at radius 3 is 2.58 bits per heavy atom. The molecule has 106 valence electrons. The van der Waals surface area contributed by atoms with E-state index in [2.05, 4.69) is 27.9 Å². The number of amides is 1. The van der Waals surface area contributed by atoms with Crippen LogP contribution in [-0.4, -0.2) is 30.2 Å². The van der Waals surface area contributed by atoms with E-state index < -0.39 is 0 Å². The van der Waals surface area contributed by atoms with Crippen LogP contribution in [0.25, 0.3) is 0 Å².